The molecule has 0 bridgehead atoms. The van der Waals surface area contributed by atoms with E-state index in [0.29, 0.717) is 13.0 Å². The van der Waals surface area contributed by atoms with E-state index in [1.54, 1.807) is 13.8 Å². The van der Waals surface area contributed by atoms with E-state index in [4.69, 9.17) is 5.73 Å². The molecule has 0 spiro atoms. The molecule has 0 radical (unpaired) electrons. The van der Waals surface area contributed by atoms with Crippen LogP contribution in [0.5, 0.6) is 0 Å². The molecule has 6 heteroatoms. The monoisotopic (exact) mass is 224 g/mol. The maximum atomic E-state index is 11.5. The van der Waals surface area contributed by atoms with E-state index in [9.17, 15) is 13.5 Å². The van der Waals surface area contributed by atoms with Crippen LogP contribution in [0.1, 0.15) is 20.3 Å². The molecule has 0 aromatic carbocycles. The second kappa shape index (κ2) is 5.06. The number of sulfonamides is 1. The largest absolute Gasteiger partial charge is 0.389 e. The van der Waals surface area contributed by atoms with Gasteiger partial charge in [0.2, 0.25) is 10.0 Å². The van der Waals surface area contributed by atoms with Crippen LogP contribution in [0.2, 0.25) is 0 Å². The molecule has 0 aliphatic carbocycles. The van der Waals surface area contributed by atoms with Crippen molar-refractivity contribution in [1.29, 1.82) is 0 Å². The fourth-order valence-electron chi connectivity index (χ4n) is 1.06. The van der Waals surface area contributed by atoms with Gasteiger partial charge in [-0.25, -0.2) is 12.7 Å². The predicted molar refractivity (Wildman–Crippen MR) is 56.4 cm³/mol. The molecule has 0 aliphatic rings. The van der Waals surface area contributed by atoms with Gasteiger partial charge >= 0.3 is 0 Å². The molecule has 0 fully saturated rings. The van der Waals surface area contributed by atoms with E-state index < -0.39 is 15.6 Å². The Morgan fingerprint density at radius 3 is 2.29 bits per heavy atom. The summed E-state index contributed by atoms with van der Waals surface area (Å²) in [6.45, 7) is 3.60. The molecule has 0 rings (SSSR count). The van der Waals surface area contributed by atoms with Crippen molar-refractivity contribution in [2.24, 2.45) is 5.73 Å². The average molecular weight is 224 g/mol. The first-order valence-electron chi connectivity index (χ1n) is 4.55. The number of hydrogen-bond acceptors (Lipinski definition) is 4. The Morgan fingerprint density at radius 1 is 1.43 bits per heavy atom. The number of nitrogens with two attached hydrogens (primary N) is 1. The highest BCUT2D eigenvalue weighted by molar-refractivity contribution is 7.89. The maximum absolute atomic E-state index is 11.5. The van der Waals surface area contributed by atoms with E-state index in [2.05, 4.69) is 0 Å². The highest BCUT2D eigenvalue weighted by Gasteiger charge is 2.23. The fraction of sp³-hybridized carbons (Fsp3) is 1.00. The summed E-state index contributed by atoms with van der Waals surface area (Å²) in [7, 11) is -1.80. The van der Waals surface area contributed by atoms with Crippen molar-refractivity contribution in [3.63, 3.8) is 0 Å². The second-order valence-electron chi connectivity index (χ2n) is 4.03. The van der Waals surface area contributed by atoms with Crippen LogP contribution in [-0.2, 0) is 10.0 Å². The molecule has 0 aliphatic heterocycles. The summed E-state index contributed by atoms with van der Waals surface area (Å²) >= 11 is 0. The van der Waals surface area contributed by atoms with Gasteiger partial charge in [-0.2, -0.15) is 0 Å². The van der Waals surface area contributed by atoms with Crippen molar-refractivity contribution in [2.75, 3.05) is 25.9 Å². The van der Waals surface area contributed by atoms with Gasteiger partial charge in [0.05, 0.1) is 11.4 Å². The third-order valence-corrected chi connectivity index (χ3v) is 3.57. The van der Waals surface area contributed by atoms with Crippen LogP contribution in [-0.4, -0.2) is 49.3 Å². The van der Waals surface area contributed by atoms with E-state index in [1.807, 2.05) is 0 Å². The van der Waals surface area contributed by atoms with Crippen LogP contribution >= 0.6 is 0 Å². The van der Waals surface area contributed by atoms with Crippen LogP contribution in [0, 0.1) is 0 Å². The third-order valence-electron chi connectivity index (χ3n) is 1.69. The minimum absolute atomic E-state index is 0.0378. The normalized spacial score (nSPS) is 13.6. The Balaban J connectivity index is 4.30. The van der Waals surface area contributed by atoms with E-state index in [-0.39, 0.29) is 12.3 Å². The highest BCUT2D eigenvalue weighted by Crippen LogP contribution is 2.08. The Kier molecular flexibility index (Phi) is 5.00. The maximum Gasteiger partial charge on any atom is 0.213 e. The Bertz CT molecular complexity index is 256. The lowest BCUT2D eigenvalue weighted by molar-refractivity contribution is 0.0640. The summed E-state index contributed by atoms with van der Waals surface area (Å²) < 4.78 is 24.2. The molecule has 0 aromatic heterocycles. The van der Waals surface area contributed by atoms with Crippen molar-refractivity contribution >= 4 is 10.0 Å². The lowest BCUT2D eigenvalue weighted by Gasteiger charge is -2.24. The number of likely N-dealkylation sites (N-methyl/N-ethyl adjacent to an activating group) is 1. The van der Waals surface area contributed by atoms with Gasteiger partial charge in [-0.3, -0.25) is 0 Å². The van der Waals surface area contributed by atoms with Crippen LogP contribution in [0.15, 0.2) is 0 Å². The molecule has 0 aromatic rings. The van der Waals surface area contributed by atoms with Gasteiger partial charge in [-0.1, -0.05) is 0 Å². The first kappa shape index (κ1) is 13.8. The SMILES string of the molecule is CN(CC(C)(C)O)S(=O)(=O)CCCN. The topological polar surface area (TPSA) is 83.6 Å². The molecule has 0 unspecified atom stereocenters. The first-order valence-corrected chi connectivity index (χ1v) is 6.16. The van der Waals surface area contributed by atoms with Crippen molar-refractivity contribution in [3.8, 4) is 0 Å². The Labute approximate surface area is 85.9 Å². The molecular formula is C8H20N2O3S. The third kappa shape index (κ3) is 5.54. The lowest BCUT2D eigenvalue weighted by atomic mass is 10.1. The quantitative estimate of drug-likeness (QED) is 0.629. The molecule has 0 saturated carbocycles. The average Bonchev–Trinajstić information content (AvgIpc) is 1.97. The highest BCUT2D eigenvalue weighted by atomic mass is 32.2. The van der Waals surface area contributed by atoms with Crippen LogP contribution in [0.4, 0.5) is 0 Å². The number of nitrogens with zero attached hydrogens (tertiary/aromatic N) is 1. The molecule has 14 heavy (non-hydrogen) atoms. The number of rotatable bonds is 6. The fourth-order valence-corrected chi connectivity index (χ4v) is 2.42. The zero-order valence-corrected chi connectivity index (χ0v) is 9.84. The van der Waals surface area contributed by atoms with Crippen molar-refractivity contribution in [1.82, 2.24) is 4.31 Å². The summed E-state index contributed by atoms with van der Waals surface area (Å²) in [5.41, 5.74) is 4.22. The summed E-state index contributed by atoms with van der Waals surface area (Å²) in [5, 5.41) is 9.45. The van der Waals surface area contributed by atoms with Gasteiger partial charge in [-0.15, -0.1) is 0 Å². The first-order chi connectivity index (χ1) is 6.19. The Morgan fingerprint density at radius 2 is 1.93 bits per heavy atom. The standard InChI is InChI=1S/C8H20N2O3S/c1-8(2,11)7-10(3)14(12,13)6-4-5-9/h11H,4-7,9H2,1-3H3. The zero-order valence-electron chi connectivity index (χ0n) is 9.02. The second-order valence-corrected chi connectivity index (χ2v) is 6.22. The smallest absolute Gasteiger partial charge is 0.213 e. The summed E-state index contributed by atoms with van der Waals surface area (Å²) in [6, 6.07) is 0. The van der Waals surface area contributed by atoms with Crippen LogP contribution in [0.25, 0.3) is 0 Å². The zero-order chi connectivity index (χ0) is 11.4. The van der Waals surface area contributed by atoms with Crippen LogP contribution in [0.3, 0.4) is 0 Å². The van der Waals surface area contributed by atoms with Crippen LogP contribution < -0.4 is 5.73 Å². The molecular weight excluding hydrogens is 204 g/mol. The molecule has 0 amide bonds. The van der Waals surface area contributed by atoms with Gasteiger partial charge < -0.3 is 10.8 Å². The van der Waals surface area contributed by atoms with Gasteiger partial charge in [0.1, 0.15) is 0 Å². The number of aliphatic hydroxyl groups is 1. The van der Waals surface area contributed by atoms with Crippen molar-refractivity contribution in [2.45, 2.75) is 25.9 Å². The van der Waals surface area contributed by atoms with Crippen molar-refractivity contribution in [3.05, 3.63) is 0 Å². The molecule has 0 atom stereocenters. The van der Waals surface area contributed by atoms with Gasteiger partial charge in [0.25, 0.3) is 0 Å². The minimum Gasteiger partial charge on any atom is -0.389 e. The summed E-state index contributed by atoms with van der Waals surface area (Å²) in [6.07, 6.45) is 0.443. The predicted octanol–water partition coefficient (Wildman–Crippen LogP) is -0.632. The van der Waals surface area contributed by atoms with Crippen molar-refractivity contribution < 1.29 is 13.5 Å². The minimum atomic E-state index is -3.26. The van der Waals surface area contributed by atoms with E-state index in [1.165, 1.54) is 11.4 Å². The summed E-state index contributed by atoms with van der Waals surface area (Å²) in [4.78, 5) is 0. The van der Waals surface area contributed by atoms with Gasteiger partial charge in [0, 0.05) is 13.6 Å². The summed E-state index contributed by atoms with van der Waals surface area (Å²) in [5.74, 6) is 0.0378. The molecule has 0 saturated heterocycles. The van der Waals surface area contributed by atoms with E-state index in [0.717, 1.165) is 0 Å². The van der Waals surface area contributed by atoms with E-state index >= 15 is 0 Å². The molecule has 0 heterocycles. The van der Waals surface area contributed by atoms with Gasteiger partial charge in [-0.05, 0) is 26.8 Å². The van der Waals surface area contributed by atoms with Gasteiger partial charge in [0.15, 0.2) is 0 Å². The molecule has 3 N–H and O–H groups in total. The Hall–Kier alpha value is -0.170. The number of hydrogen-bond donors (Lipinski definition) is 2. The molecule has 86 valence electrons. The molecule has 5 nitrogen and oxygen atoms in total. The lowest BCUT2D eigenvalue weighted by Crippen LogP contribution is -2.40.